The topological polar surface area (TPSA) is 107 Å². The minimum Gasteiger partial charge on any atom is -0.441 e. The zero-order valence-corrected chi connectivity index (χ0v) is 11.4. The van der Waals surface area contributed by atoms with E-state index in [1.165, 1.54) is 12.1 Å². The van der Waals surface area contributed by atoms with Crippen LogP contribution in [-0.4, -0.2) is 32.0 Å². The van der Waals surface area contributed by atoms with Crippen LogP contribution in [0.15, 0.2) is 29.2 Å². The molecule has 0 bridgehead atoms. The van der Waals surface area contributed by atoms with E-state index >= 15 is 0 Å². The molecule has 6 nitrogen and oxygen atoms in total. The highest BCUT2D eigenvalue weighted by atomic mass is 32.2. The summed E-state index contributed by atoms with van der Waals surface area (Å²) < 4.78 is 28.1. The highest BCUT2D eigenvalue weighted by Crippen LogP contribution is 2.23. The van der Waals surface area contributed by atoms with Crippen LogP contribution in [0.2, 0.25) is 0 Å². The van der Waals surface area contributed by atoms with Crippen molar-refractivity contribution < 1.29 is 23.1 Å². The van der Waals surface area contributed by atoms with Crippen molar-refractivity contribution in [1.82, 2.24) is 0 Å². The van der Waals surface area contributed by atoms with E-state index in [1.54, 1.807) is 19.1 Å². The van der Waals surface area contributed by atoms with E-state index in [0.29, 0.717) is 5.56 Å². The molecule has 0 aromatic heterocycles. The molecule has 0 aliphatic heterocycles. The van der Waals surface area contributed by atoms with Crippen LogP contribution in [0.1, 0.15) is 25.0 Å². The van der Waals surface area contributed by atoms with Crippen molar-refractivity contribution in [2.24, 2.45) is 5.73 Å². The van der Waals surface area contributed by atoms with Gasteiger partial charge >= 0.3 is 6.09 Å². The summed E-state index contributed by atoms with van der Waals surface area (Å²) in [6.45, 7) is 1.39. The molecule has 1 amide bonds. The van der Waals surface area contributed by atoms with E-state index in [1.807, 2.05) is 0 Å². The van der Waals surface area contributed by atoms with Crippen LogP contribution in [0.4, 0.5) is 4.79 Å². The molecule has 0 spiro atoms. The minimum absolute atomic E-state index is 0.0181. The van der Waals surface area contributed by atoms with Gasteiger partial charge in [0.2, 0.25) is 0 Å². The van der Waals surface area contributed by atoms with Gasteiger partial charge in [-0.1, -0.05) is 19.1 Å². The maximum absolute atomic E-state index is 11.6. The maximum Gasteiger partial charge on any atom is 0.405 e. The van der Waals surface area contributed by atoms with Gasteiger partial charge in [-0.05, 0) is 17.7 Å². The Hall–Kier alpha value is -1.60. The van der Waals surface area contributed by atoms with Crippen molar-refractivity contribution in [3.63, 3.8) is 0 Å². The first-order valence-corrected chi connectivity index (χ1v) is 7.45. The van der Waals surface area contributed by atoms with Crippen molar-refractivity contribution in [3.05, 3.63) is 29.8 Å². The zero-order valence-electron chi connectivity index (χ0n) is 10.6. The molecule has 0 saturated carbocycles. The normalized spacial score (nSPS) is 12.9. The number of carbonyl (C=O) groups is 1. The van der Waals surface area contributed by atoms with Crippen molar-refractivity contribution in [2.75, 3.05) is 12.4 Å². The number of amides is 1. The van der Waals surface area contributed by atoms with Gasteiger partial charge in [0.05, 0.1) is 10.6 Å². The van der Waals surface area contributed by atoms with Gasteiger partial charge in [-0.25, -0.2) is 13.2 Å². The zero-order chi connectivity index (χ0) is 14.5. The standard InChI is InChI=1S/C12H17NO5S/c1-2-19(16,17)10-5-3-9(4-6-10)11(7-8-14)18-12(13)15/h3-6,11,14H,2,7-8H2,1H3,(H2,13,15)/t11-/m0/s1. The first kappa shape index (κ1) is 15.5. The molecule has 106 valence electrons. The summed E-state index contributed by atoms with van der Waals surface area (Å²) in [5.41, 5.74) is 5.53. The van der Waals surface area contributed by atoms with Crippen LogP contribution in [0.3, 0.4) is 0 Å². The molecule has 0 fully saturated rings. The number of hydrogen-bond acceptors (Lipinski definition) is 5. The lowest BCUT2D eigenvalue weighted by atomic mass is 10.1. The maximum atomic E-state index is 11.6. The summed E-state index contributed by atoms with van der Waals surface area (Å²) in [5, 5.41) is 8.90. The summed E-state index contributed by atoms with van der Waals surface area (Å²) in [6, 6.07) is 5.99. The Bertz CT molecular complexity index is 524. The van der Waals surface area contributed by atoms with E-state index in [0.717, 1.165) is 0 Å². The molecule has 1 atom stereocenters. The predicted molar refractivity (Wildman–Crippen MR) is 69.3 cm³/mol. The Morgan fingerprint density at radius 2 is 1.95 bits per heavy atom. The minimum atomic E-state index is -3.26. The van der Waals surface area contributed by atoms with E-state index < -0.39 is 22.0 Å². The number of rotatable bonds is 6. The molecule has 0 aliphatic carbocycles. The molecular weight excluding hydrogens is 270 g/mol. The van der Waals surface area contributed by atoms with Gasteiger partial charge < -0.3 is 15.6 Å². The summed E-state index contributed by atoms with van der Waals surface area (Å²) in [5.74, 6) is 0.0181. The fourth-order valence-corrected chi connectivity index (χ4v) is 2.49. The van der Waals surface area contributed by atoms with Crippen LogP contribution in [-0.2, 0) is 14.6 Å². The van der Waals surface area contributed by atoms with Crippen LogP contribution in [0, 0.1) is 0 Å². The molecule has 19 heavy (non-hydrogen) atoms. The molecule has 0 saturated heterocycles. The highest BCUT2D eigenvalue weighted by Gasteiger charge is 2.17. The number of sulfone groups is 1. The van der Waals surface area contributed by atoms with Crippen molar-refractivity contribution >= 4 is 15.9 Å². The number of benzene rings is 1. The van der Waals surface area contributed by atoms with E-state index in [9.17, 15) is 13.2 Å². The Kier molecular flexibility index (Phi) is 5.31. The molecular formula is C12H17NO5S. The number of aliphatic hydroxyl groups excluding tert-OH is 1. The third-order valence-corrected chi connectivity index (χ3v) is 4.39. The number of nitrogens with two attached hydrogens (primary N) is 1. The molecule has 0 aliphatic rings. The number of primary amides is 1. The Balaban J connectivity index is 2.98. The number of carbonyl (C=O) groups excluding carboxylic acids is 1. The Morgan fingerprint density at radius 1 is 1.37 bits per heavy atom. The molecule has 0 heterocycles. The largest absolute Gasteiger partial charge is 0.441 e. The van der Waals surface area contributed by atoms with Gasteiger partial charge in [0, 0.05) is 13.0 Å². The fraction of sp³-hybridized carbons (Fsp3) is 0.417. The highest BCUT2D eigenvalue weighted by molar-refractivity contribution is 7.91. The molecule has 1 aromatic rings. The number of ether oxygens (including phenoxy) is 1. The van der Waals surface area contributed by atoms with Crippen LogP contribution in [0.5, 0.6) is 0 Å². The first-order valence-electron chi connectivity index (χ1n) is 5.80. The smallest absolute Gasteiger partial charge is 0.405 e. The molecule has 3 N–H and O–H groups in total. The second-order valence-corrected chi connectivity index (χ2v) is 6.19. The average Bonchev–Trinajstić information content (AvgIpc) is 2.38. The van der Waals surface area contributed by atoms with E-state index in [2.05, 4.69) is 0 Å². The van der Waals surface area contributed by atoms with Gasteiger partial charge in [0.1, 0.15) is 6.10 Å². The Labute approximate surface area is 112 Å². The first-order chi connectivity index (χ1) is 8.90. The van der Waals surface area contributed by atoms with E-state index in [-0.39, 0.29) is 23.7 Å². The third kappa shape index (κ3) is 4.22. The quantitative estimate of drug-likeness (QED) is 0.811. The average molecular weight is 287 g/mol. The fourth-order valence-electron chi connectivity index (χ4n) is 1.61. The lowest BCUT2D eigenvalue weighted by Crippen LogP contribution is -2.18. The third-order valence-electron chi connectivity index (χ3n) is 2.64. The van der Waals surface area contributed by atoms with Crippen LogP contribution in [0.25, 0.3) is 0 Å². The predicted octanol–water partition coefficient (Wildman–Crippen LogP) is 0.999. The number of hydrogen-bond donors (Lipinski definition) is 2. The Morgan fingerprint density at radius 3 is 2.37 bits per heavy atom. The second kappa shape index (κ2) is 6.53. The molecule has 7 heteroatoms. The van der Waals surface area contributed by atoms with Crippen LogP contribution < -0.4 is 5.73 Å². The molecule has 0 unspecified atom stereocenters. The lowest BCUT2D eigenvalue weighted by molar-refractivity contribution is 0.0877. The molecule has 1 aromatic carbocycles. The van der Waals surface area contributed by atoms with Crippen LogP contribution >= 0.6 is 0 Å². The summed E-state index contributed by atoms with van der Waals surface area (Å²) in [7, 11) is -3.26. The van der Waals surface area contributed by atoms with Crippen molar-refractivity contribution in [3.8, 4) is 0 Å². The van der Waals surface area contributed by atoms with E-state index in [4.69, 9.17) is 15.6 Å². The van der Waals surface area contributed by atoms with Gasteiger partial charge in [0.25, 0.3) is 0 Å². The van der Waals surface area contributed by atoms with Gasteiger partial charge in [-0.15, -0.1) is 0 Å². The summed E-state index contributed by atoms with van der Waals surface area (Å²) >= 11 is 0. The van der Waals surface area contributed by atoms with Gasteiger partial charge in [-0.3, -0.25) is 0 Å². The molecule has 1 rings (SSSR count). The molecule has 0 radical (unpaired) electrons. The summed E-state index contributed by atoms with van der Waals surface area (Å²) in [6.07, 6.45) is -1.42. The summed E-state index contributed by atoms with van der Waals surface area (Å²) in [4.78, 5) is 11.0. The monoisotopic (exact) mass is 287 g/mol. The van der Waals surface area contributed by atoms with Gasteiger partial charge in [-0.2, -0.15) is 0 Å². The van der Waals surface area contributed by atoms with Gasteiger partial charge in [0.15, 0.2) is 9.84 Å². The lowest BCUT2D eigenvalue weighted by Gasteiger charge is -2.16. The number of aliphatic hydroxyl groups is 1. The SMILES string of the molecule is CCS(=O)(=O)c1ccc([C@H](CCO)OC(N)=O)cc1. The van der Waals surface area contributed by atoms with Crippen molar-refractivity contribution in [2.45, 2.75) is 24.3 Å². The second-order valence-electron chi connectivity index (χ2n) is 3.91. The van der Waals surface area contributed by atoms with Crippen molar-refractivity contribution in [1.29, 1.82) is 0 Å².